The van der Waals surface area contributed by atoms with Crippen molar-refractivity contribution in [2.75, 3.05) is 18.0 Å². The molecule has 0 atom stereocenters. The van der Waals surface area contributed by atoms with Gasteiger partial charge >= 0.3 is 11.7 Å². The summed E-state index contributed by atoms with van der Waals surface area (Å²) < 4.78 is 0. The largest absolute Gasteiger partial charge is 0.478 e. The van der Waals surface area contributed by atoms with Gasteiger partial charge in [-0.2, -0.15) is 0 Å². The predicted octanol–water partition coefficient (Wildman–Crippen LogP) is 3.09. The average Bonchev–Trinajstić information content (AvgIpc) is 2.46. The van der Waals surface area contributed by atoms with Gasteiger partial charge in [-0.1, -0.05) is 26.7 Å². The lowest BCUT2D eigenvalue weighted by atomic mass is 10.2. The summed E-state index contributed by atoms with van der Waals surface area (Å²) in [7, 11) is 0. The van der Waals surface area contributed by atoms with Gasteiger partial charge in [0.2, 0.25) is 5.82 Å². The molecule has 0 saturated heterocycles. The zero-order valence-corrected chi connectivity index (χ0v) is 12.4. The SMILES string of the molecule is CCCCN(CCCC)c1ncc(C(=O)O)cc1[N+](=O)[O-]. The second kappa shape index (κ2) is 8.18. The molecule has 116 valence electrons. The zero-order valence-electron chi connectivity index (χ0n) is 12.4. The van der Waals surface area contributed by atoms with Crippen LogP contribution in [0.5, 0.6) is 0 Å². The Balaban J connectivity index is 3.15. The van der Waals surface area contributed by atoms with Crippen LogP contribution in [0, 0.1) is 10.1 Å². The Morgan fingerprint density at radius 1 is 1.33 bits per heavy atom. The van der Waals surface area contributed by atoms with E-state index in [4.69, 9.17) is 5.11 Å². The molecule has 0 aliphatic rings. The quantitative estimate of drug-likeness (QED) is 0.555. The second-order valence-electron chi connectivity index (χ2n) is 4.82. The second-order valence-corrected chi connectivity index (χ2v) is 4.82. The molecule has 21 heavy (non-hydrogen) atoms. The third-order valence-corrected chi connectivity index (χ3v) is 3.15. The van der Waals surface area contributed by atoms with Gasteiger partial charge in [0, 0.05) is 25.4 Å². The van der Waals surface area contributed by atoms with Gasteiger partial charge in [0.15, 0.2) is 0 Å². The lowest BCUT2D eigenvalue weighted by Gasteiger charge is -2.23. The van der Waals surface area contributed by atoms with Gasteiger partial charge in [0.05, 0.1) is 10.5 Å². The van der Waals surface area contributed by atoms with Crippen molar-refractivity contribution in [2.45, 2.75) is 39.5 Å². The highest BCUT2D eigenvalue weighted by Gasteiger charge is 2.23. The average molecular weight is 295 g/mol. The van der Waals surface area contributed by atoms with E-state index in [1.807, 2.05) is 18.7 Å². The monoisotopic (exact) mass is 295 g/mol. The first-order valence-corrected chi connectivity index (χ1v) is 7.13. The number of nitro groups is 1. The van der Waals surface area contributed by atoms with Crippen LogP contribution >= 0.6 is 0 Å². The van der Waals surface area contributed by atoms with Gasteiger partial charge in [-0.15, -0.1) is 0 Å². The molecule has 1 aromatic heterocycles. The first-order chi connectivity index (χ1) is 10.0. The molecule has 7 heteroatoms. The minimum atomic E-state index is -1.22. The summed E-state index contributed by atoms with van der Waals surface area (Å²) in [5.74, 6) is -0.960. The number of hydrogen-bond acceptors (Lipinski definition) is 5. The number of carboxylic acid groups (broad SMARTS) is 1. The van der Waals surface area contributed by atoms with Crippen molar-refractivity contribution < 1.29 is 14.8 Å². The number of hydrogen-bond donors (Lipinski definition) is 1. The molecule has 0 saturated carbocycles. The fourth-order valence-corrected chi connectivity index (χ4v) is 1.96. The van der Waals surface area contributed by atoms with E-state index in [1.165, 1.54) is 6.20 Å². The standard InChI is InChI=1S/C14H21N3O4/c1-3-5-7-16(8-6-4-2)13-12(17(20)21)9-11(10-15-13)14(18)19/h9-10H,3-8H2,1-2H3,(H,18,19). The minimum Gasteiger partial charge on any atom is -0.478 e. The number of carboxylic acids is 1. The maximum atomic E-state index is 11.2. The van der Waals surface area contributed by atoms with E-state index in [2.05, 4.69) is 4.98 Å². The van der Waals surface area contributed by atoms with Gasteiger partial charge in [-0.25, -0.2) is 9.78 Å². The van der Waals surface area contributed by atoms with E-state index < -0.39 is 10.9 Å². The molecule has 0 unspecified atom stereocenters. The maximum absolute atomic E-state index is 11.2. The Kier molecular flexibility index (Phi) is 6.58. The smallest absolute Gasteiger partial charge is 0.337 e. The molecule has 0 aliphatic carbocycles. The summed E-state index contributed by atoms with van der Waals surface area (Å²) in [6.07, 6.45) is 4.94. The van der Waals surface area contributed by atoms with Crippen LogP contribution in [0.1, 0.15) is 49.9 Å². The molecule has 0 fully saturated rings. The Morgan fingerprint density at radius 3 is 2.33 bits per heavy atom. The molecule has 1 aromatic rings. The molecule has 7 nitrogen and oxygen atoms in total. The number of rotatable bonds is 9. The number of aromatic nitrogens is 1. The summed E-state index contributed by atoms with van der Waals surface area (Å²) in [5.41, 5.74) is -0.418. The molecule has 0 spiro atoms. The number of aromatic carboxylic acids is 1. The minimum absolute atomic E-state index is 0.170. The van der Waals surface area contributed by atoms with Crippen molar-refractivity contribution in [3.8, 4) is 0 Å². The summed E-state index contributed by atoms with van der Waals surface area (Å²) in [4.78, 5) is 27.5. The van der Waals surface area contributed by atoms with Crippen molar-refractivity contribution in [3.63, 3.8) is 0 Å². The van der Waals surface area contributed by atoms with Crippen molar-refractivity contribution in [3.05, 3.63) is 27.9 Å². The van der Waals surface area contributed by atoms with Crippen LogP contribution < -0.4 is 4.90 Å². The molecule has 0 amide bonds. The number of pyridine rings is 1. The van der Waals surface area contributed by atoms with E-state index in [1.54, 1.807) is 0 Å². The third kappa shape index (κ3) is 4.70. The fraction of sp³-hybridized carbons (Fsp3) is 0.571. The number of nitrogens with zero attached hydrogens (tertiary/aromatic N) is 3. The number of unbranched alkanes of at least 4 members (excludes halogenated alkanes) is 2. The first kappa shape index (κ1) is 16.9. The highest BCUT2D eigenvalue weighted by molar-refractivity contribution is 5.88. The molecular weight excluding hydrogens is 274 g/mol. The molecule has 1 heterocycles. The summed E-state index contributed by atoms with van der Waals surface area (Å²) >= 11 is 0. The van der Waals surface area contributed by atoms with Gasteiger partial charge < -0.3 is 10.0 Å². The van der Waals surface area contributed by atoms with Crippen LogP contribution in [0.25, 0.3) is 0 Å². The van der Waals surface area contributed by atoms with Crippen molar-refractivity contribution in [2.24, 2.45) is 0 Å². The van der Waals surface area contributed by atoms with Gasteiger partial charge in [0.1, 0.15) is 0 Å². The van der Waals surface area contributed by atoms with Crippen LogP contribution in [0.15, 0.2) is 12.3 Å². The summed E-state index contributed by atoms with van der Waals surface area (Å²) in [6.45, 7) is 5.45. The highest BCUT2D eigenvalue weighted by Crippen LogP contribution is 2.27. The van der Waals surface area contributed by atoms with Gasteiger partial charge in [-0.3, -0.25) is 10.1 Å². The van der Waals surface area contributed by atoms with E-state index in [0.29, 0.717) is 13.1 Å². The number of anilines is 1. The lowest BCUT2D eigenvalue weighted by molar-refractivity contribution is -0.384. The first-order valence-electron chi connectivity index (χ1n) is 7.13. The summed E-state index contributed by atoms with van der Waals surface area (Å²) in [5, 5.41) is 20.1. The zero-order chi connectivity index (χ0) is 15.8. The molecule has 1 N–H and O–H groups in total. The van der Waals surface area contributed by atoms with Crippen molar-refractivity contribution >= 4 is 17.5 Å². The molecule has 0 bridgehead atoms. The Labute approximate surface area is 123 Å². The van der Waals surface area contributed by atoms with Crippen LogP contribution in [-0.2, 0) is 0 Å². The molecule has 0 aromatic carbocycles. The van der Waals surface area contributed by atoms with Gasteiger partial charge in [-0.05, 0) is 12.8 Å². The van der Waals surface area contributed by atoms with Crippen LogP contribution in [0.2, 0.25) is 0 Å². The number of carbonyl (C=O) groups is 1. The third-order valence-electron chi connectivity index (χ3n) is 3.15. The Bertz CT molecular complexity index is 497. The van der Waals surface area contributed by atoms with E-state index >= 15 is 0 Å². The Morgan fingerprint density at radius 2 is 1.90 bits per heavy atom. The lowest BCUT2D eigenvalue weighted by Crippen LogP contribution is -2.27. The van der Waals surface area contributed by atoms with E-state index in [-0.39, 0.29) is 17.1 Å². The van der Waals surface area contributed by atoms with Crippen LogP contribution in [-0.4, -0.2) is 34.1 Å². The van der Waals surface area contributed by atoms with Crippen molar-refractivity contribution in [1.29, 1.82) is 0 Å². The highest BCUT2D eigenvalue weighted by atomic mass is 16.6. The molecular formula is C14H21N3O4. The van der Waals surface area contributed by atoms with E-state index in [9.17, 15) is 14.9 Å². The molecule has 0 aliphatic heterocycles. The van der Waals surface area contributed by atoms with Crippen LogP contribution in [0.3, 0.4) is 0 Å². The van der Waals surface area contributed by atoms with Gasteiger partial charge in [0.25, 0.3) is 0 Å². The van der Waals surface area contributed by atoms with Crippen molar-refractivity contribution in [1.82, 2.24) is 4.98 Å². The van der Waals surface area contributed by atoms with Crippen LogP contribution in [0.4, 0.5) is 11.5 Å². The predicted molar refractivity (Wildman–Crippen MR) is 79.9 cm³/mol. The molecule has 1 rings (SSSR count). The maximum Gasteiger partial charge on any atom is 0.337 e. The normalized spacial score (nSPS) is 10.4. The molecule has 0 radical (unpaired) electrons. The van der Waals surface area contributed by atoms with E-state index in [0.717, 1.165) is 31.7 Å². The topological polar surface area (TPSA) is 96.6 Å². The summed E-state index contributed by atoms with van der Waals surface area (Å²) in [6, 6.07) is 1.08. The fourth-order valence-electron chi connectivity index (χ4n) is 1.96. The Hall–Kier alpha value is -2.18.